The van der Waals surface area contributed by atoms with E-state index in [1.165, 1.54) is 54.1 Å². The highest BCUT2D eigenvalue weighted by Gasteiger charge is 2.24. The standard InChI is InChI=1S/C24H31N3O7S2/c1-6-27-21-19(33-4)11-12-20(34-5)22(21)35-24(27)25-23(28)17-7-9-18(10-8-17)36(29,30)26(13-15-31-2)14-16-32-3/h7-12H,6,13-16H2,1-5H3. The first-order valence-corrected chi connectivity index (χ1v) is 13.5. The third kappa shape index (κ3) is 5.79. The maximum absolute atomic E-state index is 13.1. The van der Waals surface area contributed by atoms with Crippen LogP contribution in [0.1, 0.15) is 17.3 Å². The van der Waals surface area contributed by atoms with E-state index < -0.39 is 15.9 Å². The first-order chi connectivity index (χ1) is 17.3. The first-order valence-electron chi connectivity index (χ1n) is 11.2. The van der Waals surface area contributed by atoms with Crippen LogP contribution in [-0.4, -0.2) is 77.9 Å². The van der Waals surface area contributed by atoms with E-state index in [-0.39, 0.29) is 36.8 Å². The molecule has 0 bridgehead atoms. The number of carbonyl (C=O) groups excluding carboxylic acids is 1. The van der Waals surface area contributed by atoms with Crippen LogP contribution >= 0.6 is 11.3 Å². The minimum Gasteiger partial charge on any atom is -0.495 e. The van der Waals surface area contributed by atoms with E-state index in [9.17, 15) is 13.2 Å². The molecule has 0 aliphatic rings. The Balaban J connectivity index is 1.97. The average molecular weight is 538 g/mol. The summed E-state index contributed by atoms with van der Waals surface area (Å²) in [6, 6.07) is 9.38. The number of hydrogen-bond acceptors (Lipinski definition) is 8. The quantitative estimate of drug-likeness (QED) is 0.350. The molecule has 12 heteroatoms. The number of aryl methyl sites for hydroxylation is 1. The van der Waals surface area contributed by atoms with E-state index >= 15 is 0 Å². The normalized spacial score (nSPS) is 12.4. The van der Waals surface area contributed by atoms with E-state index in [1.54, 1.807) is 14.2 Å². The number of hydrogen-bond donors (Lipinski definition) is 0. The Hall–Kier alpha value is -2.77. The van der Waals surface area contributed by atoms with Gasteiger partial charge in [-0.25, -0.2) is 8.42 Å². The molecule has 0 aliphatic heterocycles. The van der Waals surface area contributed by atoms with Crippen molar-refractivity contribution in [3.8, 4) is 11.5 Å². The number of methoxy groups -OCH3 is 4. The lowest BCUT2D eigenvalue weighted by atomic mass is 10.2. The summed E-state index contributed by atoms with van der Waals surface area (Å²) in [6.07, 6.45) is 0. The van der Waals surface area contributed by atoms with Gasteiger partial charge in [-0.3, -0.25) is 4.79 Å². The average Bonchev–Trinajstić information content (AvgIpc) is 3.26. The zero-order chi connectivity index (χ0) is 26.3. The zero-order valence-electron chi connectivity index (χ0n) is 21.0. The number of sulfonamides is 1. The molecule has 0 N–H and O–H groups in total. The Kier molecular flexibility index (Phi) is 9.63. The minimum atomic E-state index is -3.79. The molecule has 3 rings (SSSR count). The lowest BCUT2D eigenvalue weighted by Gasteiger charge is -2.21. The highest BCUT2D eigenvalue weighted by molar-refractivity contribution is 7.89. The SMILES string of the molecule is CCn1c(=NC(=O)c2ccc(S(=O)(=O)N(CCOC)CCOC)cc2)sc2c(OC)ccc(OC)c21. The molecule has 0 saturated carbocycles. The van der Waals surface area contributed by atoms with Crippen molar-refractivity contribution in [2.75, 3.05) is 54.7 Å². The van der Waals surface area contributed by atoms with Crippen LogP contribution in [0.3, 0.4) is 0 Å². The third-order valence-electron chi connectivity index (χ3n) is 5.53. The zero-order valence-corrected chi connectivity index (χ0v) is 22.6. The number of aromatic nitrogens is 1. The van der Waals surface area contributed by atoms with Gasteiger partial charge in [0.05, 0.1) is 32.3 Å². The van der Waals surface area contributed by atoms with Crippen molar-refractivity contribution in [3.63, 3.8) is 0 Å². The van der Waals surface area contributed by atoms with E-state index in [0.717, 1.165) is 10.2 Å². The molecule has 2 aromatic carbocycles. The van der Waals surface area contributed by atoms with Gasteiger partial charge in [-0.05, 0) is 43.3 Å². The summed E-state index contributed by atoms with van der Waals surface area (Å²) in [5, 5.41) is 0. The molecule has 1 aromatic heterocycles. The predicted octanol–water partition coefficient (Wildman–Crippen LogP) is 2.76. The molecule has 1 heterocycles. The fourth-order valence-electron chi connectivity index (χ4n) is 3.64. The van der Waals surface area contributed by atoms with Gasteiger partial charge in [-0.1, -0.05) is 11.3 Å². The number of thiazole rings is 1. The van der Waals surface area contributed by atoms with Gasteiger partial charge in [0.15, 0.2) is 4.80 Å². The van der Waals surface area contributed by atoms with Gasteiger partial charge in [0.1, 0.15) is 21.7 Å². The van der Waals surface area contributed by atoms with Gasteiger partial charge < -0.3 is 23.5 Å². The summed E-state index contributed by atoms with van der Waals surface area (Å²) < 4.78 is 51.3. The lowest BCUT2D eigenvalue weighted by Crippen LogP contribution is -2.36. The maximum Gasteiger partial charge on any atom is 0.279 e. The summed E-state index contributed by atoms with van der Waals surface area (Å²) in [7, 11) is 2.40. The Morgan fingerprint density at radius 1 is 0.944 bits per heavy atom. The van der Waals surface area contributed by atoms with Crippen LogP contribution in [0, 0.1) is 0 Å². The number of benzene rings is 2. The molecular formula is C24H31N3O7S2. The number of ether oxygens (including phenoxy) is 4. The van der Waals surface area contributed by atoms with Gasteiger partial charge in [0.2, 0.25) is 10.0 Å². The summed E-state index contributed by atoms with van der Waals surface area (Å²) in [5.74, 6) is 0.827. The van der Waals surface area contributed by atoms with Crippen LogP contribution in [0.5, 0.6) is 11.5 Å². The Morgan fingerprint density at radius 2 is 1.53 bits per heavy atom. The van der Waals surface area contributed by atoms with Crippen molar-refractivity contribution < 1.29 is 32.2 Å². The Bertz CT molecular complexity index is 1350. The number of amides is 1. The van der Waals surface area contributed by atoms with Crippen molar-refractivity contribution in [1.29, 1.82) is 0 Å². The molecule has 0 spiro atoms. The summed E-state index contributed by atoms with van der Waals surface area (Å²) >= 11 is 1.32. The molecule has 36 heavy (non-hydrogen) atoms. The highest BCUT2D eigenvalue weighted by atomic mass is 32.2. The molecule has 196 valence electrons. The van der Waals surface area contributed by atoms with Gasteiger partial charge in [0, 0.05) is 39.4 Å². The molecule has 0 unspecified atom stereocenters. The molecule has 0 radical (unpaired) electrons. The van der Waals surface area contributed by atoms with E-state index in [0.29, 0.717) is 22.8 Å². The van der Waals surface area contributed by atoms with E-state index in [2.05, 4.69) is 4.99 Å². The fraction of sp³-hybridized carbons (Fsp3) is 0.417. The minimum absolute atomic E-state index is 0.0752. The topological polar surface area (TPSA) is 109 Å². The van der Waals surface area contributed by atoms with Crippen LogP contribution in [-0.2, 0) is 26.0 Å². The van der Waals surface area contributed by atoms with Crippen molar-refractivity contribution in [2.24, 2.45) is 4.99 Å². The number of rotatable bonds is 12. The maximum atomic E-state index is 13.1. The van der Waals surface area contributed by atoms with E-state index in [1.807, 2.05) is 23.6 Å². The smallest absolute Gasteiger partial charge is 0.279 e. The second kappa shape index (κ2) is 12.5. The van der Waals surface area contributed by atoms with Gasteiger partial charge in [-0.15, -0.1) is 0 Å². The van der Waals surface area contributed by atoms with Gasteiger partial charge in [0.25, 0.3) is 5.91 Å². The molecule has 1 amide bonds. The van der Waals surface area contributed by atoms with Crippen LogP contribution in [0.15, 0.2) is 46.3 Å². The van der Waals surface area contributed by atoms with Crippen LogP contribution in [0.4, 0.5) is 0 Å². The molecular weight excluding hydrogens is 506 g/mol. The third-order valence-corrected chi connectivity index (χ3v) is 8.54. The van der Waals surface area contributed by atoms with Crippen LogP contribution in [0.2, 0.25) is 0 Å². The van der Waals surface area contributed by atoms with Crippen molar-refractivity contribution in [3.05, 3.63) is 46.8 Å². The van der Waals surface area contributed by atoms with Gasteiger partial charge in [-0.2, -0.15) is 9.30 Å². The number of fused-ring (bicyclic) bond motifs is 1. The lowest BCUT2D eigenvalue weighted by molar-refractivity contribution is 0.0997. The molecule has 10 nitrogen and oxygen atoms in total. The summed E-state index contributed by atoms with van der Waals surface area (Å²) in [5.41, 5.74) is 1.07. The first kappa shape index (κ1) is 27.8. The molecule has 0 aliphatic carbocycles. The second-order valence-electron chi connectivity index (χ2n) is 7.61. The summed E-state index contributed by atoms with van der Waals surface area (Å²) in [6.45, 7) is 3.39. The van der Waals surface area contributed by atoms with Crippen molar-refractivity contribution in [2.45, 2.75) is 18.4 Å². The molecule has 0 fully saturated rings. The largest absolute Gasteiger partial charge is 0.495 e. The highest BCUT2D eigenvalue weighted by Crippen LogP contribution is 2.35. The predicted molar refractivity (Wildman–Crippen MR) is 137 cm³/mol. The molecule has 0 atom stereocenters. The molecule has 3 aromatic rings. The number of nitrogens with zero attached hydrogens (tertiary/aromatic N) is 3. The Labute approximate surface area is 214 Å². The fourth-order valence-corrected chi connectivity index (χ4v) is 6.25. The second-order valence-corrected chi connectivity index (χ2v) is 10.5. The van der Waals surface area contributed by atoms with Crippen molar-refractivity contribution >= 4 is 37.5 Å². The number of carbonyl (C=O) groups is 1. The molecule has 0 saturated heterocycles. The summed E-state index contributed by atoms with van der Waals surface area (Å²) in [4.78, 5) is 17.9. The van der Waals surface area contributed by atoms with Crippen LogP contribution in [0.25, 0.3) is 10.2 Å². The Morgan fingerprint density at radius 3 is 2.06 bits per heavy atom. The van der Waals surface area contributed by atoms with Crippen molar-refractivity contribution in [1.82, 2.24) is 8.87 Å². The van der Waals surface area contributed by atoms with Gasteiger partial charge >= 0.3 is 0 Å². The van der Waals surface area contributed by atoms with Crippen LogP contribution < -0.4 is 14.3 Å². The monoisotopic (exact) mass is 537 g/mol. The van der Waals surface area contributed by atoms with E-state index in [4.69, 9.17) is 18.9 Å².